The number of aromatic nitrogens is 5. The van der Waals surface area contributed by atoms with Crippen LogP contribution in [0.4, 0.5) is 14.6 Å². The van der Waals surface area contributed by atoms with Crippen LogP contribution in [0, 0.1) is 5.82 Å². The number of aromatic amines is 1. The van der Waals surface area contributed by atoms with Crippen LogP contribution in [0.3, 0.4) is 0 Å². The number of nitrogens with one attached hydrogen (secondary N) is 2. The van der Waals surface area contributed by atoms with Crippen molar-refractivity contribution in [2.45, 2.75) is 69.1 Å². The minimum absolute atomic E-state index is 0.0306. The third kappa shape index (κ3) is 5.65. The number of alkyl halides is 1. The van der Waals surface area contributed by atoms with E-state index in [0.29, 0.717) is 83.8 Å². The number of hydrogen-bond donors (Lipinski definition) is 2. The number of carbonyl (C=O) groups is 1. The van der Waals surface area contributed by atoms with Crippen molar-refractivity contribution in [1.82, 2.24) is 35.4 Å². The molecule has 3 fully saturated rings. The zero-order valence-corrected chi connectivity index (χ0v) is 26.8. The van der Waals surface area contributed by atoms with Gasteiger partial charge in [-0.3, -0.25) is 19.8 Å². The van der Waals surface area contributed by atoms with Crippen molar-refractivity contribution in [2.24, 2.45) is 0 Å². The summed E-state index contributed by atoms with van der Waals surface area (Å²) in [6.07, 6.45) is 8.12. The highest BCUT2D eigenvalue weighted by atomic mass is 35.5. The number of amides is 1. The third-order valence-electron chi connectivity index (χ3n) is 10.2. The normalized spacial score (nSPS) is 25.6. The van der Waals surface area contributed by atoms with Crippen molar-refractivity contribution in [2.75, 3.05) is 50.9 Å². The van der Waals surface area contributed by atoms with Gasteiger partial charge in [0.1, 0.15) is 36.4 Å². The van der Waals surface area contributed by atoms with E-state index in [4.69, 9.17) is 31.0 Å². The SMILES string of the molecule is O=C1COCCCc2c(Cl)cc3[nH]ncc3c2-c2ncc3c(nc(OC[C@@]45CCCN4C[C@H](F)C5)nc3c2F)N2CCCC[C@H](C2)N1. The van der Waals surface area contributed by atoms with E-state index in [2.05, 4.69) is 30.3 Å². The Morgan fingerprint density at radius 3 is 2.96 bits per heavy atom. The van der Waals surface area contributed by atoms with Crippen LogP contribution >= 0.6 is 11.6 Å². The summed E-state index contributed by atoms with van der Waals surface area (Å²) in [5.41, 5.74) is 1.64. The van der Waals surface area contributed by atoms with Gasteiger partial charge in [-0.1, -0.05) is 11.6 Å². The monoisotopic (exact) mass is 666 g/mol. The first-order chi connectivity index (χ1) is 22.9. The Hall–Kier alpha value is -3.68. The molecule has 0 saturated carbocycles. The fraction of sp³-hybridized carbons (Fsp3) is 0.545. The van der Waals surface area contributed by atoms with Gasteiger partial charge in [-0.2, -0.15) is 15.1 Å². The first-order valence-corrected chi connectivity index (χ1v) is 16.9. The van der Waals surface area contributed by atoms with E-state index in [1.54, 1.807) is 18.5 Å². The summed E-state index contributed by atoms with van der Waals surface area (Å²) in [5.74, 6) is -0.316. The summed E-state index contributed by atoms with van der Waals surface area (Å²) < 4.78 is 43.7. The highest BCUT2D eigenvalue weighted by Gasteiger charge is 2.49. The fourth-order valence-electron chi connectivity index (χ4n) is 8.00. The minimum atomic E-state index is -0.907. The van der Waals surface area contributed by atoms with E-state index in [1.807, 2.05) is 0 Å². The molecular formula is C33H37ClF2N8O3. The van der Waals surface area contributed by atoms with Crippen LogP contribution in [0.2, 0.25) is 5.02 Å². The number of fused-ring (bicyclic) bond motifs is 9. The van der Waals surface area contributed by atoms with Crippen molar-refractivity contribution in [3.63, 3.8) is 0 Å². The second-order valence-corrected chi connectivity index (χ2v) is 13.7. The van der Waals surface area contributed by atoms with Crippen LogP contribution < -0.4 is 15.0 Å². The predicted octanol–water partition coefficient (Wildman–Crippen LogP) is 4.75. The molecule has 2 N–H and O–H groups in total. The molecule has 248 valence electrons. The maximum Gasteiger partial charge on any atom is 0.319 e. The molecule has 0 spiro atoms. The van der Waals surface area contributed by atoms with Crippen LogP contribution in [0.15, 0.2) is 18.5 Å². The van der Waals surface area contributed by atoms with Crippen LogP contribution in [-0.2, 0) is 16.0 Å². The molecule has 11 nitrogen and oxygen atoms in total. The van der Waals surface area contributed by atoms with Gasteiger partial charge >= 0.3 is 6.01 Å². The van der Waals surface area contributed by atoms with Gasteiger partial charge in [-0.25, -0.2) is 8.78 Å². The van der Waals surface area contributed by atoms with Gasteiger partial charge in [-0.05, 0) is 63.1 Å². The van der Waals surface area contributed by atoms with E-state index in [9.17, 15) is 9.18 Å². The summed E-state index contributed by atoms with van der Waals surface area (Å²) in [6, 6.07) is 1.65. The molecule has 47 heavy (non-hydrogen) atoms. The second-order valence-electron chi connectivity index (χ2n) is 13.3. The topological polar surface area (TPSA) is 121 Å². The largest absolute Gasteiger partial charge is 0.461 e. The van der Waals surface area contributed by atoms with Gasteiger partial charge in [0.05, 0.1) is 22.6 Å². The Bertz CT molecular complexity index is 1840. The van der Waals surface area contributed by atoms with E-state index in [1.165, 1.54) is 0 Å². The highest BCUT2D eigenvalue weighted by Crippen LogP contribution is 2.42. The number of ether oxygens (including phenoxy) is 2. The lowest BCUT2D eigenvalue weighted by Crippen LogP contribution is -2.44. The van der Waals surface area contributed by atoms with Crippen LogP contribution in [0.1, 0.15) is 50.5 Å². The molecule has 1 amide bonds. The van der Waals surface area contributed by atoms with E-state index < -0.39 is 17.5 Å². The third-order valence-corrected chi connectivity index (χ3v) is 10.5. The number of benzene rings is 1. The Morgan fingerprint density at radius 1 is 1.13 bits per heavy atom. The molecule has 0 aliphatic carbocycles. The van der Waals surface area contributed by atoms with E-state index in [-0.39, 0.29) is 42.4 Å². The summed E-state index contributed by atoms with van der Waals surface area (Å²) in [7, 11) is 0. The first-order valence-electron chi connectivity index (χ1n) is 16.5. The predicted molar refractivity (Wildman–Crippen MR) is 173 cm³/mol. The van der Waals surface area contributed by atoms with Crippen LogP contribution in [-0.4, -0.2) is 99.7 Å². The maximum atomic E-state index is 17.1. The molecular weight excluding hydrogens is 630 g/mol. The van der Waals surface area contributed by atoms with Crippen molar-refractivity contribution >= 4 is 45.1 Å². The molecule has 3 saturated heterocycles. The fourth-order valence-corrected chi connectivity index (χ4v) is 8.30. The number of carbonyl (C=O) groups excluding carboxylic acids is 1. The molecule has 6 bridgehead atoms. The van der Waals surface area contributed by atoms with Gasteiger partial charge in [0.25, 0.3) is 0 Å². The summed E-state index contributed by atoms with van der Waals surface area (Å²) >= 11 is 6.80. The lowest BCUT2D eigenvalue weighted by Gasteiger charge is -2.31. The molecule has 4 aromatic rings. The second kappa shape index (κ2) is 12.4. The summed E-state index contributed by atoms with van der Waals surface area (Å²) in [6.45, 7) is 2.82. The number of pyridine rings is 1. The summed E-state index contributed by atoms with van der Waals surface area (Å²) in [4.78, 5) is 31.3. The molecule has 0 unspecified atom stereocenters. The average Bonchev–Trinajstić information content (AvgIpc) is 3.69. The average molecular weight is 667 g/mol. The smallest absolute Gasteiger partial charge is 0.319 e. The van der Waals surface area contributed by atoms with E-state index >= 15 is 4.39 Å². The number of halogens is 3. The maximum absolute atomic E-state index is 17.1. The Kier molecular flexibility index (Phi) is 8.09. The molecule has 3 atom stereocenters. The molecule has 5 aliphatic heterocycles. The zero-order valence-electron chi connectivity index (χ0n) is 26.0. The first kappa shape index (κ1) is 30.6. The summed E-state index contributed by atoms with van der Waals surface area (Å²) in [5, 5.41) is 11.8. The minimum Gasteiger partial charge on any atom is -0.461 e. The lowest BCUT2D eigenvalue weighted by atomic mass is 9.95. The number of nitrogens with zero attached hydrogens (tertiary/aromatic N) is 6. The van der Waals surface area contributed by atoms with Gasteiger partial charge in [0.15, 0.2) is 5.82 Å². The highest BCUT2D eigenvalue weighted by molar-refractivity contribution is 6.33. The number of hydrogen-bond acceptors (Lipinski definition) is 9. The molecule has 0 radical (unpaired) electrons. The lowest BCUT2D eigenvalue weighted by molar-refractivity contribution is -0.126. The number of H-pyrrole nitrogens is 1. The Balaban J connectivity index is 1.29. The number of rotatable bonds is 3. The molecule has 9 rings (SSSR count). The van der Waals surface area contributed by atoms with Gasteiger partial charge < -0.3 is 19.7 Å². The van der Waals surface area contributed by atoms with Gasteiger partial charge in [0, 0.05) is 60.9 Å². The van der Waals surface area contributed by atoms with Gasteiger partial charge in [-0.15, -0.1) is 0 Å². The molecule has 1 aromatic carbocycles. The Morgan fingerprint density at radius 2 is 2.04 bits per heavy atom. The molecule has 8 heterocycles. The quantitative estimate of drug-likeness (QED) is 0.319. The number of anilines is 1. The molecule has 3 aromatic heterocycles. The van der Waals surface area contributed by atoms with E-state index in [0.717, 1.165) is 38.6 Å². The zero-order chi connectivity index (χ0) is 32.1. The van der Waals surface area contributed by atoms with Crippen LogP contribution in [0.25, 0.3) is 33.1 Å². The van der Waals surface area contributed by atoms with Crippen molar-refractivity contribution in [3.05, 3.63) is 34.9 Å². The Labute approximate surface area is 275 Å². The standard InChI is InChI=1S/C33H37ClF2N8O3/c34-24-11-25-22(14-38-42-25)27-21(24)6-3-10-46-17-26(45)39-20-5-1-2-8-43(16-20)31-23-13-37-30(27)28(36)29(23)40-32(41-31)47-18-33-7-4-9-44(33)15-19(35)12-33/h11,13-14,19-20H,1-10,12,15-18H2,(H,38,42)(H,39,45)/t19-,20-,33+/m1/s1. The van der Waals surface area contributed by atoms with Crippen molar-refractivity contribution in [1.29, 1.82) is 0 Å². The van der Waals surface area contributed by atoms with Crippen molar-refractivity contribution < 1.29 is 23.0 Å². The van der Waals surface area contributed by atoms with Crippen LogP contribution in [0.5, 0.6) is 6.01 Å². The molecule has 14 heteroatoms. The van der Waals surface area contributed by atoms with Gasteiger partial charge in [0.2, 0.25) is 5.91 Å². The van der Waals surface area contributed by atoms with Crippen molar-refractivity contribution in [3.8, 4) is 17.3 Å². The molecule has 5 aliphatic rings.